The van der Waals surface area contributed by atoms with Crippen molar-refractivity contribution in [2.24, 2.45) is 0 Å². The first kappa shape index (κ1) is 14.1. The fourth-order valence-electron chi connectivity index (χ4n) is 3.16. The van der Waals surface area contributed by atoms with Crippen molar-refractivity contribution in [3.63, 3.8) is 0 Å². The minimum absolute atomic E-state index is 0.0697. The molecule has 114 valence electrons. The van der Waals surface area contributed by atoms with E-state index in [1.54, 1.807) is 12.1 Å². The molecule has 0 spiro atoms. The van der Waals surface area contributed by atoms with Crippen LogP contribution in [0.2, 0.25) is 0 Å². The number of carbonyl (C=O) groups is 2. The molecule has 0 radical (unpaired) electrons. The Morgan fingerprint density at radius 1 is 1.00 bits per heavy atom. The van der Waals surface area contributed by atoms with E-state index >= 15 is 0 Å². The van der Waals surface area contributed by atoms with Gasteiger partial charge in [-0.15, -0.1) is 11.3 Å². The first-order valence-electron chi connectivity index (χ1n) is 7.33. The molecule has 4 nitrogen and oxygen atoms in total. The van der Waals surface area contributed by atoms with E-state index in [2.05, 4.69) is 0 Å². The van der Waals surface area contributed by atoms with E-state index in [0.717, 1.165) is 14.3 Å². The first-order valence-corrected chi connectivity index (χ1v) is 8.14. The number of amides is 2. The lowest BCUT2D eigenvalue weighted by Gasteiger charge is -2.12. The fourth-order valence-corrected chi connectivity index (χ4v) is 4.27. The van der Waals surface area contributed by atoms with E-state index in [1.807, 2.05) is 30.3 Å². The maximum Gasteiger partial charge on any atom is 0.236 e. The summed E-state index contributed by atoms with van der Waals surface area (Å²) in [4.78, 5) is 38.3. The van der Waals surface area contributed by atoms with Gasteiger partial charge in [0.1, 0.15) is 0 Å². The molecule has 0 aliphatic carbocycles. The summed E-state index contributed by atoms with van der Waals surface area (Å²) in [6.45, 7) is 0. The molecular weight excluding hydrogens is 310 g/mol. The van der Waals surface area contributed by atoms with E-state index in [4.69, 9.17) is 0 Å². The van der Waals surface area contributed by atoms with Gasteiger partial charge in [-0.2, -0.15) is 0 Å². The smallest absolute Gasteiger partial charge is 0.236 e. The van der Waals surface area contributed by atoms with Crippen LogP contribution in [0.5, 0.6) is 0 Å². The number of hydrogen-bond acceptors (Lipinski definition) is 4. The van der Waals surface area contributed by atoms with Crippen LogP contribution >= 0.6 is 11.3 Å². The van der Waals surface area contributed by atoms with Gasteiger partial charge in [-0.3, -0.25) is 19.3 Å². The van der Waals surface area contributed by atoms with Crippen LogP contribution in [0.4, 0.5) is 0 Å². The number of fused-ring (bicyclic) bond motifs is 2. The van der Waals surface area contributed by atoms with Gasteiger partial charge in [-0.05, 0) is 23.8 Å². The Bertz CT molecular complexity index is 1040. The van der Waals surface area contributed by atoms with Crippen LogP contribution in [0.15, 0.2) is 47.3 Å². The third kappa shape index (κ3) is 2.00. The van der Waals surface area contributed by atoms with Crippen LogP contribution in [0, 0.1) is 0 Å². The van der Waals surface area contributed by atoms with Crippen LogP contribution in [-0.4, -0.2) is 23.8 Å². The molecule has 1 aliphatic rings. The van der Waals surface area contributed by atoms with Crippen molar-refractivity contribution >= 4 is 43.3 Å². The van der Waals surface area contributed by atoms with Gasteiger partial charge in [0.25, 0.3) is 0 Å². The number of likely N-dealkylation sites (tertiary alicyclic amines) is 1. The average Bonchev–Trinajstić information content (AvgIpc) is 2.82. The summed E-state index contributed by atoms with van der Waals surface area (Å²) in [5.74, 6) is -0.994. The SMILES string of the molecule is CN1C(=O)CC(c2cccc3sc4ccccc4c(=O)c23)C1=O. The highest BCUT2D eigenvalue weighted by Crippen LogP contribution is 2.34. The van der Waals surface area contributed by atoms with Crippen molar-refractivity contribution in [3.8, 4) is 0 Å². The van der Waals surface area contributed by atoms with Crippen LogP contribution in [-0.2, 0) is 9.59 Å². The zero-order valence-electron chi connectivity index (χ0n) is 12.4. The van der Waals surface area contributed by atoms with Crippen molar-refractivity contribution in [1.82, 2.24) is 4.90 Å². The number of benzene rings is 2. The van der Waals surface area contributed by atoms with Gasteiger partial charge in [-0.1, -0.05) is 24.3 Å². The maximum atomic E-state index is 12.9. The van der Waals surface area contributed by atoms with E-state index in [-0.39, 0.29) is 23.7 Å². The van der Waals surface area contributed by atoms with Gasteiger partial charge >= 0.3 is 0 Å². The summed E-state index contributed by atoms with van der Waals surface area (Å²) in [5, 5.41) is 1.22. The third-order valence-corrected chi connectivity index (χ3v) is 5.53. The molecular formula is C18H13NO3S. The zero-order valence-corrected chi connectivity index (χ0v) is 13.2. The average molecular weight is 323 g/mol. The molecule has 3 aromatic rings. The molecule has 1 aromatic heterocycles. The second-order valence-electron chi connectivity index (χ2n) is 5.70. The van der Waals surface area contributed by atoms with Crippen LogP contribution in [0.3, 0.4) is 0 Å². The number of likely N-dealkylation sites (N-methyl/N-ethyl adjacent to an activating group) is 1. The normalized spacial score (nSPS) is 18.3. The molecule has 23 heavy (non-hydrogen) atoms. The zero-order chi connectivity index (χ0) is 16.1. The van der Waals surface area contributed by atoms with Crippen molar-refractivity contribution in [1.29, 1.82) is 0 Å². The van der Waals surface area contributed by atoms with Gasteiger partial charge < -0.3 is 0 Å². The van der Waals surface area contributed by atoms with Crippen LogP contribution in [0.25, 0.3) is 20.2 Å². The highest BCUT2D eigenvalue weighted by atomic mass is 32.1. The summed E-state index contributed by atoms with van der Waals surface area (Å²) in [6, 6.07) is 13.0. The molecule has 1 aliphatic heterocycles. The first-order chi connectivity index (χ1) is 11.1. The molecule has 2 heterocycles. The second-order valence-corrected chi connectivity index (χ2v) is 6.78. The maximum absolute atomic E-state index is 12.9. The number of hydrogen-bond donors (Lipinski definition) is 0. The lowest BCUT2D eigenvalue weighted by Crippen LogP contribution is -2.25. The summed E-state index contributed by atoms with van der Waals surface area (Å²) < 4.78 is 1.77. The monoisotopic (exact) mass is 323 g/mol. The number of rotatable bonds is 1. The quantitative estimate of drug-likeness (QED) is 0.511. The van der Waals surface area contributed by atoms with Crippen LogP contribution in [0.1, 0.15) is 17.9 Å². The molecule has 0 saturated carbocycles. The van der Waals surface area contributed by atoms with Gasteiger partial charge in [0.15, 0.2) is 5.43 Å². The molecule has 2 amide bonds. The van der Waals surface area contributed by atoms with Crippen molar-refractivity contribution in [2.45, 2.75) is 12.3 Å². The Kier molecular flexibility index (Phi) is 3.06. The lowest BCUT2D eigenvalue weighted by molar-refractivity contribution is -0.137. The number of imide groups is 1. The highest BCUT2D eigenvalue weighted by molar-refractivity contribution is 7.24. The lowest BCUT2D eigenvalue weighted by atomic mass is 9.94. The Labute approximate surface area is 136 Å². The van der Waals surface area contributed by atoms with Gasteiger partial charge in [0, 0.05) is 33.6 Å². The van der Waals surface area contributed by atoms with E-state index in [1.165, 1.54) is 18.4 Å². The topological polar surface area (TPSA) is 54.5 Å². The fraction of sp³-hybridized carbons (Fsp3) is 0.167. The Morgan fingerprint density at radius 2 is 1.74 bits per heavy atom. The van der Waals surface area contributed by atoms with Crippen LogP contribution < -0.4 is 5.43 Å². The van der Waals surface area contributed by atoms with Gasteiger partial charge in [0.2, 0.25) is 11.8 Å². The molecule has 1 atom stereocenters. The van der Waals surface area contributed by atoms with E-state index < -0.39 is 5.92 Å². The molecule has 0 N–H and O–H groups in total. The van der Waals surface area contributed by atoms with Gasteiger partial charge in [-0.25, -0.2) is 0 Å². The predicted octanol–water partition coefficient (Wildman–Crippen LogP) is 2.89. The standard InChI is InChI=1S/C18H13NO3S/c1-19-15(20)9-12(18(19)22)10-6-4-8-14-16(10)17(21)11-5-2-3-7-13(11)23-14/h2-8,12H,9H2,1H3. The molecule has 2 aromatic carbocycles. The van der Waals surface area contributed by atoms with Crippen molar-refractivity contribution < 1.29 is 9.59 Å². The van der Waals surface area contributed by atoms with E-state index in [0.29, 0.717) is 16.3 Å². The Hall–Kier alpha value is -2.53. The summed E-state index contributed by atoms with van der Waals surface area (Å²) >= 11 is 1.53. The Balaban J connectivity index is 2.05. The molecule has 1 fully saturated rings. The van der Waals surface area contributed by atoms with Crippen molar-refractivity contribution in [2.75, 3.05) is 7.05 Å². The minimum Gasteiger partial charge on any atom is -0.288 e. The molecule has 0 bridgehead atoms. The largest absolute Gasteiger partial charge is 0.288 e. The molecule has 5 heteroatoms. The molecule has 1 unspecified atom stereocenters. The number of carbonyl (C=O) groups excluding carboxylic acids is 2. The Morgan fingerprint density at radius 3 is 2.48 bits per heavy atom. The third-order valence-electron chi connectivity index (χ3n) is 4.39. The van der Waals surface area contributed by atoms with Gasteiger partial charge in [0.05, 0.1) is 5.92 Å². The summed E-state index contributed by atoms with van der Waals surface area (Å²) in [7, 11) is 1.49. The second kappa shape index (κ2) is 4.99. The summed E-state index contributed by atoms with van der Waals surface area (Å²) in [5.41, 5.74) is 0.594. The predicted molar refractivity (Wildman–Crippen MR) is 90.7 cm³/mol. The summed E-state index contributed by atoms with van der Waals surface area (Å²) in [6.07, 6.45) is 0.130. The minimum atomic E-state index is -0.558. The van der Waals surface area contributed by atoms with E-state index in [9.17, 15) is 14.4 Å². The number of nitrogens with zero attached hydrogens (tertiary/aromatic N) is 1. The molecule has 1 saturated heterocycles. The molecule has 4 rings (SSSR count). The van der Waals surface area contributed by atoms with Crippen molar-refractivity contribution in [3.05, 3.63) is 58.3 Å². The highest BCUT2D eigenvalue weighted by Gasteiger charge is 2.38.